The van der Waals surface area contributed by atoms with Crippen LogP contribution in [0.3, 0.4) is 0 Å². The van der Waals surface area contributed by atoms with Crippen molar-refractivity contribution < 1.29 is 4.79 Å². The Balaban J connectivity index is 2.04. The molecule has 0 bridgehead atoms. The molecule has 0 spiro atoms. The molecule has 0 aromatic heterocycles. The number of rotatable bonds is 4. The molecule has 0 unspecified atom stereocenters. The van der Waals surface area contributed by atoms with Crippen LogP contribution in [0.4, 0.5) is 0 Å². The van der Waals surface area contributed by atoms with Crippen molar-refractivity contribution in [1.29, 1.82) is 0 Å². The van der Waals surface area contributed by atoms with Crippen molar-refractivity contribution in [3.8, 4) is 0 Å². The van der Waals surface area contributed by atoms with Gasteiger partial charge in [0.1, 0.15) is 0 Å². The van der Waals surface area contributed by atoms with Gasteiger partial charge in [0.15, 0.2) is 0 Å². The topological polar surface area (TPSA) is 29.1 Å². The fourth-order valence-electron chi connectivity index (χ4n) is 3.05. The molecule has 2 nitrogen and oxygen atoms in total. The van der Waals surface area contributed by atoms with Crippen LogP contribution >= 0.6 is 0 Å². The molecule has 26 heavy (non-hydrogen) atoms. The second-order valence-electron chi connectivity index (χ2n) is 8.23. The van der Waals surface area contributed by atoms with Crippen LogP contribution < -0.4 is 5.32 Å². The standard InChI is InChI=1S/C24H31NO/c1-16-14-18(3)22(15-17(16)2)19(4)25-23(26)13-10-20-8-11-21(12-9-20)24(5,6)7/h8-15,19H,1-7H3,(H,25,26)/b13-10+/t19-/m0/s1. The Morgan fingerprint density at radius 3 is 2.12 bits per heavy atom. The van der Waals surface area contributed by atoms with Gasteiger partial charge in [0, 0.05) is 6.08 Å². The molecule has 2 heteroatoms. The van der Waals surface area contributed by atoms with Crippen LogP contribution in [0, 0.1) is 20.8 Å². The van der Waals surface area contributed by atoms with Gasteiger partial charge in [0.2, 0.25) is 5.91 Å². The summed E-state index contributed by atoms with van der Waals surface area (Å²) in [6, 6.07) is 12.7. The summed E-state index contributed by atoms with van der Waals surface area (Å²) < 4.78 is 0. The summed E-state index contributed by atoms with van der Waals surface area (Å²) in [6.45, 7) is 14.9. The highest BCUT2D eigenvalue weighted by molar-refractivity contribution is 5.92. The summed E-state index contributed by atoms with van der Waals surface area (Å²) in [5.41, 5.74) is 7.37. The molecule has 2 aromatic carbocycles. The van der Waals surface area contributed by atoms with Crippen molar-refractivity contribution in [2.45, 2.75) is 59.9 Å². The van der Waals surface area contributed by atoms with Crippen molar-refractivity contribution in [3.63, 3.8) is 0 Å². The monoisotopic (exact) mass is 349 g/mol. The van der Waals surface area contributed by atoms with Gasteiger partial charge in [-0.1, -0.05) is 57.2 Å². The summed E-state index contributed by atoms with van der Waals surface area (Å²) in [5, 5.41) is 3.06. The van der Waals surface area contributed by atoms with E-state index in [-0.39, 0.29) is 17.4 Å². The number of hydrogen-bond donors (Lipinski definition) is 1. The Labute approximate surface area is 158 Å². The van der Waals surface area contributed by atoms with Gasteiger partial charge >= 0.3 is 0 Å². The number of carbonyl (C=O) groups is 1. The van der Waals surface area contributed by atoms with Crippen LogP contribution in [0.1, 0.15) is 67.1 Å². The van der Waals surface area contributed by atoms with E-state index < -0.39 is 0 Å². The van der Waals surface area contributed by atoms with Gasteiger partial charge in [-0.25, -0.2) is 0 Å². The first-order valence-corrected chi connectivity index (χ1v) is 9.25. The largest absolute Gasteiger partial charge is 0.346 e. The average Bonchev–Trinajstić information content (AvgIpc) is 2.55. The molecule has 0 heterocycles. The summed E-state index contributed by atoms with van der Waals surface area (Å²) in [5.74, 6) is -0.0741. The number of amides is 1. The highest BCUT2D eigenvalue weighted by atomic mass is 16.1. The Hall–Kier alpha value is -2.35. The van der Waals surface area contributed by atoms with Crippen molar-refractivity contribution in [3.05, 3.63) is 75.9 Å². The van der Waals surface area contributed by atoms with Crippen LogP contribution in [-0.4, -0.2) is 5.91 Å². The van der Waals surface area contributed by atoms with Gasteiger partial charge in [-0.3, -0.25) is 4.79 Å². The number of nitrogens with one attached hydrogen (secondary N) is 1. The fourth-order valence-corrected chi connectivity index (χ4v) is 3.05. The minimum Gasteiger partial charge on any atom is -0.346 e. The summed E-state index contributed by atoms with van der Waals surface area (Å²) in [6.07, 6.45) is 3.47. The van der Waals surface area contributed by atoms with Gasteiger partial charge in [-0.2, -0.15) is 0 Å². The first-order chi connectivity index (χ1) is 12.1. The molecular formula is C24H31NO. The highest BCUT2D eigenvalue weighted by Gasteiger charge is 2.13. The van der Waals surface area contributed by atoms with E-state index in [0.29, 0.717) is 0 Å². The van der Waals surface area contributed by atoms with E-state index in [1.54, 1.807) is 6.08 Å². The summed E-state index contributed by atoms with van der Waals surface area (Å²) in [4.78, 5) is 12.3. The van der Waals surface area contributed by atoms with Crippen molar-refractivity contribution in [2.75, 3.05) is 0 Å². The Morgan fingerprint density at radius 1 is 0.962 bits per heavy atom. The molecule has 0 radical (unpaired) electrons. The Kier molecular flexibility index (Phi) is 6.07. The number of hydrogen-bond acceptors (Lipinski definition) is 1. The van der Waals surface area contributed by atoms with Crippen molar-refractivity contribution >= 4 is 12.0 Å². The molecule has 1 amide bonds. The minimum absolute atomic E-state index is 0.0188. The van der Waals surface area contributed by atoms with Crippen molar-refractivity contribution in [1.82, 2.24) is 5.32 Å². The second kappa shape index (κ2) is 7.90. The first-order valence-electron chi connectivity index (χ1n) is 9.25. The smallest absolute Gasteiger partial charge is 0.244 e. The van der Waals surface area contributed by atoms with E-state index in [0.717, 1.165) is 5.56 Å². The highest BCUT2D eigenvalue weighted by Crippen LogP contribution is 2.23. The lowest BCUT2D eigenvalue weighted by atomic mass is 9.87. The van der Waals surface area contributed by atoms with Gasteiger partial charge < -0.3 is 5.32 Å². The number of carbonyl (C=O) groups excluding carboxylic acids is 1. The lowest BCUT2D eigenvalue weighted by molar-refractivity contribution is -0.117. The molecule has 0 aliphatic rings. The molecule has 1 atom stereocenters. The Morgan fingerprint density at radius 2 is 1.54 bits per heavy atom. The maximum absolute atomic E-state index is 12.3. The van der Waals surface area contributed by atoms with E-state index >= 15 is 0 Å². The zero-order valence-electron chi connectivity index (χ0n) is 17.1. The molecule has 0 fully saturated rings. The van der Waals surface area contributed by atoms with Crippen LogP contribution in [0.2, 0.25) is 0 Å². The zero-order valence-corrected chi connectivity index (χ0v) is 17.1. The molecule has 2 aromatic rings. The van der Waals surface area contributed by atoms with E-state index in [1.807, 2.05) is 13.0 Å². The lowest BCUT2D eigenvalue weighted by Gasteiger charge is -2.19. The average molecular weight is 350 g/mol. The summed E-state index contributed by atoms with van der Waals surface area (Å²) >= 11 is 0. The molecule has 1 N–H and O–H groups in total. The molecule has 0 saturated carbocycles. The van der Waals surface area contributed by atoms with Crippen LogP contribution in [0.25, 0.3) is 6.08 Å². The number of aryl methyl sites for hydroxylation is 3. The fraction of sp³-hybridized carbons (Fsp3) is 0.375. The quantitative estimate of drug-likeness (QED) is 0.694. The first kappa shape index (κ1) is 20.0. The van der Waals surface area contributed by atoms with E-state index in [4.69, 9.17) is 0 Å². The predicted octanol–water partition coefficient (Wildman–Crippen LogP) is 5.80. The van der Waals surface area contributed by atoms with Gasteiger partial charge in [-0.05, 0) is 72.6 Å². The second-order valence-corrected chi connectivity index (χ2v) is 8.23. The lowest BCUT2D eigenvalue weighted by Crippen LogP contribution is -2.25. The van der Waals surface area contributed by atoms with Gasteiger partial charge in [0.25, 0.3) is 0 Å². The van der Waals surface area contributed by atoms with Crippen molar-refractivity contribution in [2.24, 2.45) is 0 Å². The molecule has 0 aliphatic heterocycles. The third-order valence-corrected chi connectivity index (χ3v) is 4.91. The van der Waals surface area contributed by atoms with Crippen LogP contribution in [0.15, 0.2) is 42.5 Å². The minimum atomic E-state index is -0.0741. The molecule has 0 saturated heterocycles. The third kappa shape index (κ3) is 5.08. The number of benzene rings is 2. The van der Waals surface area contributed by atoms with E-state index in [9.17, 15) is 4.79 Å². The molecule has 138 valence electrons. The molecule has 2 rings (SSSR count). The van der Waals surface area contributed by atoms with Gasteiger partial charge in [-0.15, -0.1) is 0 Å². The SMILES string of the molecule is Cc1cc(C)c([C@H](C)NC(=O)/C=C/c2ccc(C(C)(C)C)cc2)cc1C. The van der Waals surface area contributed by atoms with Crippen LogP contribution in [-0.2, 0) is 10.2 Å². The summed E-state index contributed by atoms with van der Waals surface area (Å²) in [7, 11) is 0. The maximum atomic E-state index is 12.3. The molecule has 0 aliphatic carbocycles. The van der Waals surface area contributed by atoms with Gasteiger partial charge in [0.05, 0.1) is 6.04 Å². The van der Waals surface area contributed by atoms with E-state index in [2.05, 4.69) is 83.3 Å². The zero-order chi connectivity index (χ0) is 19.5. The normalized spacial score (nSPS) is 13.0. The van der Waals surface area contributed by atoms with E-state index in [1.165, 1.54) is 27.8 Å². The van der Waals surface area contributed by atoms with Crippen LogP contribution in [0.5, 0.6) is 0 Å². The maximum Gasteiger partial charge on any atom is 0.244 e. The Bertz CT molecular complexity index is 807. The predicted molar refractivity (Wildman–Crippen MR) is 111 cm³/mol. The molecular weight excluding hydrogens is 318 g/mol. The third-order valence-electron chi connectivity index (χ3n) is 4.91.